The Labute approximate surface area is 150 Å². The van der Waals surface area contributed by atoms with E-state index in [0.717, 1.165) is 5.56 Å². The van der Waals surface area contributed by atoms with Crippen molar-refractivity contribution in [3.63, 3.8) is 0 Å². The van der Waals surface area contributed by atoms with E-state index in [1.807, 2.05) is 30.9 Å². The molecule has 0 saturated carbocycles. The van der Waals surface area contributed by atoms with Gasteiger partial charge in [0.25, 0.3) is 11.8 Å². The Hall–Kier alpha value is -2.25. The van der Waals surface area contributed by atoms with Crippen LogP contribution in [-0.2, 0) is 11.3 Å². The summed E-state index contributed by atoms with van der Waals surface area (Å²) in [5, 5.41) is 4.53. The number of nitrogens with zero attached hydrogens (tertiary/aromatic N) is 2. The first-order chi connectivity index (χ1) is 12.0. The Kier molecular flexibility index (Phi) is 5.45. The van der Waals surface area contributed by atoms with Crippen LogP contribution in [0.4, 0.5) is 0 Å². The van der Waals surface area contributed by atoms with Crippen LogP contribution in [0.1, 0.15) is 40.3 Å². The van der Waals surface area contributed by atoms with Gasteiger partial charge in [-0.05, 0) is 31.5 Å². The maximum atomic E-state index is 12.6. The summed E-state index contributed by atoms with van der Waals surface area (Å²) in [6, 6.07) is 7.33. The van der Waals surface area contributed by atoms with Crippen molar-refractivity contribution < 1.29 is 14.3 Å². The Balaban J connectivity index is 1.58. The first-order valence-corrected chi connectivity index (χ1v) is 9.17. The molecule has 0 aliphatic carbocycles. The molecule has 2 amide bonds. The number of hydrogen-bond donors (Lipinski definition) is 1. The van der Waals surface area contributed by atoms with Crippen molar-refractivity contribution in [3.05, 3.63) is 52.0 Å². The van der Waals surface area contributed by atoms with Crippen LogP contribution >= 0.6 is 11.3 Å². The lowest BCUT2D eigenvalue weighted by atomic mass is 10.1. The summed E-state index contributed by atoms with van der Waals surface area (Å²) in [5.41, 5.74) is 3.63. The third kappa shape index (κ3) is 4.43. The highest BCUT2D eigenvalue weighted by atomic mass is 32.1. The van der Waals surface area contributed by atoms with Gasteiger partial charge in [-0.25, -0.2) is 4.98 Å². The molecule has 2 unspecified atom stereocenters. The van der Waals surface area contributed by atoms with Gasteiger partial charge in [-0.2, -0.15) is 0 Å². The molecular formula is C18H21N3O3S. The fourth-order valence-corrected chi connectivity index (χ4v) is 3.42. The van der Waals surface area contributed by atoms with Crippen molar-refractivity contribution in [3.8, 4) is 0 Å². The molecule has 6 nitrogen and oxygen atoms in total. The quantitative estimate of drug-likeness (QED) is 0.909. The number of nitrogens with one attached hydrogen (secondary N) is 1. The van der Waals surface area contributed by atoms with E-state index in [1.54, 1.807) is 23.0 Å². The van der Waals surface area contributed by atoms with Gasteiger partial charge in [0.2, 0.25) is 0 Å². The molecule has 3 rings (SSSR count). The molecule has 1 N–H and O–H groups in total. The van der Waals surface area contributed by atoms with E-state index in [1.165, 1.54) is 11.3 Å². The van der Waals surface area contributed by atoms with E-state index >= 15 is 0 Å². The summed E-state index contributed by atoms with van der Waals surface area (Å²) < 4.78 is 5.67. The molecule has 1 aromatic heterocycles. The van der Waals surface area contributed by atoms with E-state index in [0.29, 0.717) is 30.9 Å². The monoisotopic (exact) mass is 359 g/mol. The molecule has 1 saturated heterocycles. The molecule has 7 heteroatoms. The summed E-state index contributed by atoms with van der Waals surface area (Å²) in [6.45, 7) is 5.56. The van der Waals surface area contributed by atoms with Crippen molar-refractivity contribution in [2.45, 2.75) is 32.6 Å². The molecule has 0 bridgehead atoms. The lowest BCUT2D eigenvalue weighted by molar-refractivity contribution is -0.0586. The normalized spacial score (nSPS) is 20.3. The summed E-state index contributed by atoms with van der Waals surface area (Å²) in [6.07, 6.45) is 0.0980. The first-order valence-electron chi connectivity index (χ1n) is 8.23. The van der Waals surface area contributed by atoms with Gasteiger partial charge in [0.15, 0.2) is 0 Å². The fraction of sp³-hybridized carbons (Fsp3) is 0.389. The van der Waals surface area contributed by atoms with Crippen LogP contribution in [0.3, 0.4) is 0 Å². The van der Waals surface area contributed by atoms with Gasteiger partial charge in [0.05, 0.1) is 17.7 Å². The van der Waals surface area contributed by atoms with Gasteiger partial charge in [-0.1, -0.05) is 12.1 Å². The van der Waals surface area contributed by atoms with Gasteiger partial charge in [-0.15, -0.1) is 11.3 Å². The third-order valence-corrected chi connectivity index (χ3v) is 4.61. The number of ether oxygens (including phenoxy) is 1. The number of thiazole rings is 1. The zero-order valence-electron chi connectivity index (χ0n) is 14.3. The van der Waals surface area contributed by atoms with Crippen LogP contribution in [0.2, 0.25) is 0 Å². The largest absolute Gasteiger partial charge is 0.372 e. The van der Waals surface area contributed by atoms with Crippen molar-refractivity contribution >= 4 is 23.2 Å². The number of rotatable bonds is 4. The second kappa shape index (κ2) is 7.76. The predicted octanol–water partition coefficient (Wildman–Crippen LogP) is 2.32. The van der Waals surface area contributed by atoms with Crippen LogP contribution in [0.5, 0.6) is 0 Å². The number of morpholine rings is 1. The second-order valence-corrected chi connectivity index (χ2v) is 6.94. The Bertz CT molecular complexity index is 721. The molecule has 2 heterocycles. The highest BCUT2D eigenvalue weighted by molar-refractivity contribution is 7.07. The minimum atomic E-state index is -0.197. The molecule has 1 aliphatic heterocycles. The number of hydrogen-bond acceptors (Lipinski definition) is 5. The number of benzene rings is 1. The maximum absolute atomic E-state index is 12.6. The summed E-state index contributed by atoms with van der Waals surface area (Å²) >= 11 is 1.39. The van der Waals surface area contributed by atoms with E-state index in [2.05, 4.69) is 10.3 Å². The third-order valence-electron chi connectivity index (χ3n) is 4.03. The van der Waals surface area contributed by atoms with Gasteiger partial charge < -0.3 is 15.0 Å². The highest BCUT2D eigenvalue weighted by Gasteiger charge is 2.26. The first kappa shape index (κ1) is 17.6. The van der Waals surface area contributed by atoms with Gasteiger partial charge in [0, 0.05) is 30.6 Å². The van der Waals surface area contributed by atoms with Crippen LogP contribution < -0.4 is 5.32 Å². The smallest absolute Gasteiger partial charge is 0.271 e. The minimum absolute atomic E-state index is 0.0139. The molecule has 2 atom stereocenters. The predicted molar refractivity (Wildman–Crippen MR) is 95.6 cm³/mol. The van der Waals surface area contributed by atoms with Gasteiger partial charge >= 0.3 is 0 Å². The van der Waals surface area contributed by atoms with Crippen molar-refractivity contribution in [2.75, 3.05) is 13.1 Å². The van der Waals surface area contributed by atoms with E-state index in [-0.39, 0.29) is 24.0 Å². The molecule has 2 aromatic rings. The SMILES string of the molecule is CC1CN(C(=O)c2ccc(CNC(=O)c3cscn3)cc2)CC(C)O1. The van der Waals surface area contributed by atoms with Crippen LogP contribution in [0.25, 0.3) is 0 Å². The second-order valence-electron chi connectivity index (χ2n) is 6.22. The molecule has 25 heavy (non-hydrogen) atoms. The number of amides is 2. The van der Waals surface area contributed by atoms with Gasteiger partial charge in [-0.3, -0.25) is 9.59 Å². The summed E-state index contributed by atoms with van der Waals surface area (Å²) in [5.74, 6) is -0.183. The van der Waals surface area contributed by atoms with E-state index < -0.39 is 0 Å². The van der Waals surface area contributed by atoms with Crippen LogP contribution in [0.15, 0.2) is 35.2 Å². The topological polar surface area (TPSA) is 71.5 Å². The Morgan fingerprint density at radius 2 is 1.92 bits per heavy atom. The molecule has 1 fully saturated rings. The van der Waals surface area contributed by atoms with E-state index in [9.17, 15) is 9.59 Å². The van der Waals surface area contributed by atoms with Gasteiger partial charge in [0.1, 0.15) is 5.69 Å². The standard InChI is InChI=1S/C18H21N3O3S/c1-12-8-21(9-13(2)24-12)18(23)15-5-3-14(4-6-15)7-19-17(22)16-10-25-11-20-16/h3-6,10-13H,7-9H2,1-2H3,(H,19,22). The zero-order chi connectivity index (χ0) is 17.8. The molecule has 1 aromatic carbocycles. The lowest BCUT2D eigenvalue weighted by Gasteiger charge is -2.35. The van der Waals surface area contributed by atoms with Crippen LogP contribution in [0, 0.1) is 0 Å². The average Bonchev–Trinajstić information content (AvgIpc) is 3.13. The number of carbonyl (C=O) groups is 2. The number of carbonyl (C=O) groups excluding carboxylic acids is 2. The van der Waals surface area contributed by atoms with Crippen molar-refractivity contribution in [1.82, 2.24) is 15.2 Å². The molecule has 0 spiro atoms. The molecule has 1 aliphatic rings. The van der Waals surface area contributed by atoms with Crippen molar-refractivity contribution in [2.24, 2.45) is 0 Å². The maximum Gasteiger partial charge on any atom is 0.271 e. The fourth-order valence-electron chi connectivity index (χ4n) is 2.89. The van der Waals surface area contributed by atoms with Crippen LogP contribution in [-0.4, -0.2) is 47.0 Å². The lowest BCUT2D eigenvalue weighted by Crippen LogP contribution is -2.48. The van der Waals surface area contributed by atoms with Crippen molar-refractivity contribution in [1.29, 1.82) is 0 Å². The zero-order valence-corrected chi connectivity index (χ0v) is 15.1. The van der Waals surface area contributed by atoms with E-state index in [4.69, 9.17) is 4.74 Å². The molecule has 132 valence electrons. The minimum Gasteiger partial charge on any atom is -0.372 e. The Morgan fingerprint density at radius 1 is 1.24 bits per heavy atom. The molecule has 0 radical (unpaired) electrons. The highest BCUT2D eigenvalue weighted by Crippen LogP contribution is 2.15. The Morgan fingerprint density at radius 3 is 2.52 bits per heavy atom. The summed E-state index contributed by atoms with van der Waals surface area (Å²) in [7, 11) is 0. The average molecular weight is 359 g/mol. The molecular weight excluding hydrogens is 338 g/mol. The summed E-state index contributed by atoms with van der Waals surface area (Å²) in [4.78, 5) is 30.3. The number of aromatic nitrogens is 1.